The third kappa shape index (κ3) is 5.49. The lowest BCUT2D eigenvalue weighted by Crippen LogP contribution is -2.59. The molecule has 5 rings (SSSR count). The van der Waals surface area contributed by atoms with Gasteiger partial charge in [-0.05, 0) is 61.9 Å². The minimum atomic E-state index is -0.758. The lowest BCUT2D eigenvalue weighted by Gasteiger charge is -2.43. The predicted molar refractivity (Wildman–Crippen MR) is 149 cm³/mol. The first kappa shape index (κ1) is 26.1. The number of carbonyl (C=O) groups is 3. The normalized spacial score (nSPS) is 19.6. The molecule has 2 heterocycles. The fourth-order valence-electron chi connectivity index (χ4n) is 6.11. The van der Waals surface area contributed by atoms with Crippen LogP contribution in [0.1, 0.15) is 57.4 Å². The molecule has 4 amide bonds. The number of nitrogens with zero attached hydrogens (tertiary/aromatic N) is 3. The summed E-state index contributed by atoms with van der Waals surface area (Å²) in [5.74, 6) is -0.248. The summed E-state index contributed by atoms with van der Waals surface area (Å²) in [6.07, 6.45) is 7.69. The van der Waals surface area contributed by atoms with Gasteiger partial charge in [0.1, 0.15) is 12.1 Å². The van der Waals surface area contributed by atoms with Crippen molar-refractivity contribution in [3.63, 3.8) is 0 Å². The third-order valence-corrected chi connectivity index (χ3v) is 8.37. The molecule has 1 aliphatic carbocycles. The zero-order chi connectivity index (χ0) is 26.5. The zero-order valence-electron chi connectivity index (χ0n) is 22.3. The molecule has 3 aliphatic rings. The highest BCUT2D eigenvalue weighted by atomic mass is 16.2. The van der Waals surface area contributed by atoms with Gasteiger partial charge in [0.2, 0.25) is 5.91 Å². The van der Waals surface area contributed by atoms with E-state index in [-0.39, 0.29) is 30.4 Å². The molecule has 0 radical (unpaired) electrons. The molecular formula is C30H39N5O3. The first-order valence-corrected chi connectivity index (χ1v) is 14.0. The van der Waals surface area contributed by atoms with Crippen molar-refractivity contribution in [2.75, 3.05) is 36.5 Å². The van der Waals surface area contributed by atoms with Gasteiger partial charge in [0.25, 0.3) is 5.91 Å². The Bertz CT molecular complexity index is 1120. The molecule has 202 valence electrons. The van der Waals surface area contributed by atoms with Crippen LogP contribution in [0.2, 0.25) is 0 Å². The molecule has 0 bridgehead atoms. The lowest BCUT2D eigenvalue weighted by atomic mass is 9.85. The molecule has 38 heavy (non-hydrogen) atoms. The van der Waals surface area contributed by atoms with E-state index < -0.39 is 5.54 Å². The minimum Gasteiger partial charge on any atom is -0.339 e. The number of aryl methyl sites for hydroxylation is 1. The van der Waals surface area contributed by atoms with Crippen molar-refractivity contribution in [2.45, 2.75) is 69.9 Å². The van der Waals surface area contributed by atoms with Gasteiger partial charge in [-0.3, -0.25) is 9.59 Å². The number of hydrogen-bond donors (Lipinski definition) is 2. The maximum Gasteiger partial charge on any atom is 0.317 e. The van der Waals surface area contributed by atoms with Crippen molar-refractivity contribution in [1.82, 2.24) is 15.1 Å². The van der Waals surface area contributed by atoms with Gasteiger partial charge >= 0.3 is 6.03 Å². The molecule has 2 aliphatic heterocycles. The number of amides is 4. The average Bonchev–Trinajstić information content (AvgIpc) is 3.21. The molecule has 2 aromatic carbocycles. The van der Waals surface area contributed by atoms with Crippen molar-refractivity contribution >= 4 is 29.2 Å². The molecule has 8 nitrogen and oxygen atoms in total. The molecule has 0 atom stereocenters. The van der Waals surface area contributed by atoms with E-state index in [1.54, 1.807) is 4.90 Å². The number of rotatable bonds is 6. The Morgan fingerprint density at radius 2 is 1.63 bits per heavy atom. The topological polar surface area (TPSA) is 85.0 Å². The summed E-state index contributed by atoms with van der Waals surface area (Å²) in [6.45, 7) is 3.45. The molecule has 1 saturated carbocycles. The molecule has 8 heteroatoms. The van der Waals surface area contributed by atoms with Crippen LogP contribution in [0.15, 0.2) is 54.6 Å². The quantitative estimate of drug-likeness (QED) is 0.596. The first-order valence-electron chi connectivity index (χ1n) is 14.0. The van der Waals surface area contributed by atoms with E-state index in [0.29, 0.717) is 32.6 Å². The molecule has 0 unspecified atom stereocenters. The van der Waals surface area contributed by atoms with Crippen LogP contribution in [0.3, 0.4) is 0 Å². The second-order valence-electron chi connectivity index (χ2n) is 10.8. The summed E-state index contributed by atoms with van der Waals surface area (Å²) < 4.78 is 0. The summed E-state index contributed by atoms with van der Waals surface area (Å²) in [5.41, 5.74) is 2.13. The summed E-state index contributed by atoms with van der Waals surface area (Å²) in [7, 11) is 0. The Hall–Kier alpha value is -3.55. The number of carbonyl (C=O) groups excluding carboxylic acids is 3. The molecular weight excluding hydrogens is 478 g/mol. The summed E-state index contributed by atoms with van der Waals surface area (Å²) >= 11 is 0. The van der Waals surface area contributed by atoms with Gasteiger partial charge in [0, 0.05) is 30.5 Å². The van der Waals surface area contributed by atoms with Gasteiger partial charge in [-0.1, -0.05) is 56.5 Å². The summed E-state index contributed by atoms with van der Waals surface area (Å²) in [5, 5.41) is 6.15. The smallest absolute Gasteiger partial charge is 0.317 e. The molecule has 2 saturated heterocycles. The minimum absolute atomic E-state index is 0.00860. The number of nitrogens with one attached hydrogen (secondary N) is 2. The molecule has 1 spiro atoms. The fraction of sp³-hybridized carbons (Fsp3) is 0.500. The van der Waals surface area contributed by atoms with E-state index >= 15 is 0 Å². The number of para-hydroxylation sites is 1. The van der Waals surface area contributed by atoms with E-state index in [9.17, 15) is 14.4 Å². The van der Waals surface area contributed by atoms with Gasteiger partial charge < -0.3 is 25.3 Å². The van der Waals surface area contributed by atoms with Gasteiger partial charge in [-0.2, -0.15) is 0 Å². The Balaban J connectivity index is 1.27. The van der Waals surface area contributed by atoms with E-state index in [4.69, 9.17) is 0 Å². The maximum absolute atomic E-state index is 13.9. The van der Waals surface area contributed by atoms with Gasteiger partial charge in [0.15, 0.2) is 0 Å². The van der Waals surface area contributed by atoms with Gasteiger partial charge in [0.05, 0.1) is 6.67 Å². The number of piperidine rings is 1. The van der Waals surface area contributed by atoms with Crippen LogP contribution in [0.5, 0.6) is 0 Å². The zero-order valence-corrected chi connectivity index (χ0v) is 22.3. The van der Waals surface area contributed by atoms with Gasteiger partial charge in [-0.15, -0.1) is 0 Å². The van der Waals surface area contributed by atoms with Crippen LogP contribution >= 0.6 is 0 Å². The summed E-state index contributed by atoms with van der Waals surface area (Å²) in [6, 6.07) is 17.9. The van der Waals surface area contributed by atoms with Gasteiger partial charge in [-0.25, -0.2) is 4.79 Å². The van der Waals surface area contributed by atoms with E-state index in [2.05, 4.69) is 22.5 Å². The Labute approximate surface area is 225 Å². The van der Waals surface area contributed by atoms with Crippen LogP contribution in [-0.2, 0) is 16.0 Å². The number of likely N-dealkylation sites (tertiary alicyclic amines) is 1. The number of hydrogen-bond acceptors (Lipinski definition) is 4. The Kier molecular flexibility index (Phi) is 7.86. The van der Waals surface area contributed by atoms with Crippen LogP contribution in [0.4, 0.5) is 16.2 Å². The monoisotopic (exact) mass is 517 g/mol. The highest BCUT2D eigenvalue weighted by Gasteiger charge is 2.54. The molecule has 3 fully saturated rings. The van der Waals surface area contributed by atoms with Crippen LogP contribution in [0, 0.1) is 0 Å². The summed E-state index contributed by atoms with van der Waals surface area (Å²) in [4.78, 5) is 45.5. The predicted octanol–water partition coefficient (Wildman–Crippen LogP) is 4.37. The van der Waals surface area contributed by atoms with Crippen molar-refractivity contribution in [3.05, 3.63) is 60.2 Å². The maximum atomic E-state index is 13.9. The average molecular weight is 518 g/mol. The SMILES string of the molecule is CCc1ccc(NC(=O)CN2CN(c3ccccc3)C3(CCN(C(=O)NC4CCCCC4)CC3)C2=O)cc1. The lowest BCUT2D eigenvalue weighted by molar-refractivity contribution is -0.136. The van der Waals surface area contributed by atoms with Crippen LogP contribution in [-0.4, -0.2) is 65.5 Å². The Morgan fingerprint density at radius 3 is 2.29 bits per heavy atom. The molecule has 0 aromatic heterocycles. The highest BCUT2D eigenvalue weighted by Crippen LogP contribution is 2.39. The van der Waals surface area contributed by atoms with Crippen molar-refractivity contribution < 1.29 is 14.4 Å². The fourth-order valence-corrected chi connectivity index (χ4v) is 6.11. The molecule has 2 N–H and O–H groups in total. The van der Waals surface area contributed by atoms with Crippen molar-refractivity contribution in [1.29, 1.82) is 0 Å². The van der Waals surface area contributed by atoms with Crippen LogP contribution < -0.4 is 15.5 Å². The van der Waals surface area contributed by atoms with E-state index in [1.807, 2.05) is 59.5 Å². The second kappa shape index (κ2) is 11.5. The van der Waals surface area contributed by atoms with Crippen molar-refractivity contribution in [3.8, 4) is 0 Å². The first-order chi connectivity index (χ1) is 18.5. The van der Waals surface area contributed by atoms with E-state index in [1.165, 1.54) is 24.8 Å². The molecule has 2 aromatic rings. The Morgan fingerprint density at radius 1 is 0.947 bits per heavy atom. The standard InChI is InChI=1S/C30H39N5O3/c1-2-23-13-15-25(16-14-23)31-27(36)21-34-22-35(26-11-7-4-8-12-26)30(28(34)37)17-19-33(20-18-30)29(38)32-24-9-5-3-6-10-24/h4,7-8,11-16,24H,2-3,5-6,9-10,17-22H2,1H3,(H,31,36)(H,32,38). The highest BCUT2D eigenvalue weighted by molar-refractivity contribution is 5.99. The number of anilines is 2. The number of benzene rings is 2. The largest absolute Gasteiger partial charge is 0.339 e. The van der Waals surface area contributed by atoms with Crippen LogP contribution in [0.25, 0.3) is 0 Å². The second-order valence-corrected chi connectivity index (χ2v) is 10.8. The van der Waals surface area contributed by atoms with Crippen molar-refractivity contribution in [2.24, 2.45) is 0 Å². The number of urea groups is 1. The third-order valence-electron chi connectivity index (χ3n) is 8.37. The van der Waals surface area contributed by atoms with E-state index in [0.717, 1.165) is 30.6 Å².